The molecule has 7 heteroatoms. The molecule has 27 heavy (non-hydrogen) atoms. The molecule has 0 saturated carbocycles. The molecule has 0 aliphatic carbocycles. The van der Waals surface area contributed by atoms with E-state index < -0.39 is 11.9 Å². The third-order valence-corrected chi connectivity index (χ3v) is 3.40. The summed E-state index contributed by atoms with van der Waals surface area (Å²) >= 11 is 5.85. The highest BCUT2D eigenvalue weighted by atomic mass is 35.5. The Morgan fingerprint density at radius 2 is 1.89 bits per heavy atom. The second kappa shape index (κ2) is 10.00. The smallest absolute Gasteiger partial charge is 0.349 e. The first-order valence-electron chi connectivity index (χ1n) is 8.00. The first-order chi connectivity index (χ1) is 13.0. The van der Waals surface area contributed by atoms with Gasteiger partial charge in [-0.05, 0) is 48.9 Å². The average Bonchev–Trinajstić information content (AvgIpc) is 2.65. The molecule has 0 N–H and O–H groups in total. The number of hydrogen-bond acceptors (Lipinski definition) is 6. The SMILES string of the molecule is CCOC(=O)/C(C#N)=C/c1cccc(OC(=O)COc2cccc(Cl)c2)c1. The summed E-state index contributed by atoms with van der Waals surface area (Å²) in [4.78, 5) is 23.6. The molecule has 0 bridgehead atoms. The predicted molar refractivity (Wildman–Crippen MR) is 99.2 cm³/mol. The van der Waals surface area contributed by atoms with Crippen LogP contribution in [0.1, 0.15) is 12.5 Å². The Labute approximate surface area is 161 Å². The van der Waals surface area contributed by atoms with E-state index in [9.17, 15) is 9.59 Å². The largest absolute Gasteiger partial charge is 0.482 e. The van der Waals surface area contributed by atoms with Crippen molar-refractivity contribution in [3.05, 3.63) is 64.7 Å². The van der Waals surface area contributed by atoms with E-state index in [2.05, 4.69) is 0 Å². The lowest BCUT2D eigenvalue weighted by atomic mass is 10.1. The Kier molecular flexibility index (Phi) is 7.41. The molecule has 2 aromatic carbocycles. The van der Waals surface area contributed by atoms with E-state index in [4.69, 9.17) is 31.1 Å². The van der Waals surface area contributed by atoms with Crippen LogP contribution in [0.25, 0.3) is 6.08 Å². The average molecular weight is 386 g/mol. The van der Waals surface area contributed by atoms with Gasteiger partial charge in [0, 0.05) is 5.02 Å². The molecule has 2 rings (SSSR count). The van der Waals surface area contributed by atoms with Crippen LogP contribution in [-0.2, 0) is 14.3 Å². The molecule has 0 spiro atoms. The number of esters is 2. The number of nitriles is 1. The van der Waals surface area contributed by atoms with Crippen LogP contribution in [0.4, 0.5) is 0 Å². The van der Waals surface area contributed by atoms with Gasteiger partial charge in [-0.15, -0.1) is 0 Å². The van der Waals surface area contributed by atoms with Gasteiger partial charge in [0.2, 0.25) is 0 Å². The number of rotatable bonds is 7. The van der Waals surface area contributed by atoms with Gasteiger partial charge in [-0.2, -0.15) is 5.26 Å². The number of carbonyl (C=O) groups is 2. The van der Waals surface area contributed by atoms with Crippen LogP contribution in [0.15, 0.2) is 54.1 Å². The summed E-state index contributed by atoms with van der Waals surface area (Å²) in [5.41, 5.74) is 0.366. The van der Waals surface area contributed by atoms with Crippen LogP contribution < -0.4 is 9.47 Å². The summed E-state index contributed by atoms with van der Waals surface area (Å²) in [6.45, 7) is 1.52. The lowest BCUT2D eigenvalue weighted by molar-refractivity contribution is -0.138. The number of ether oxygens (including phenoxy) is 3. The van der Waals surface area contributed by atoms with E-state index in [0.29, 0.717) is 16.3 Å². The van der Waals surface area contributed by atoms with Crippen molar-refractivity contribution >= 4 is 29.6 Å². The van der Waals surface area contributed by atoms with Crippen LogP contribution in [0.5, 0.6) is 11.5 Å². The number of hydrogen-bond donors (Lipinski definition) is 0. The van der Waals surface area contributed by atoms with Gasteiger partial charge in [0.1, 0.15) is 23.1 Å². The minimum Gasteiger partial charge on any atom is -0.482 e. The lowest BCUT2D eigenvalue weighted by Crippen LogP contribution is -2.17. The summed E-state index contributed by atoms with van der Waals surface area (Å²) in [5, 5.41) is 9.56. The second-order valence-electron chi connectivity index (χ2n) is 5.18. The Morgan fingerprint density at radius 3 is 2.59 bits per heavy atom. The molecule has 0 fully saturated rings. The Balaban J connectivity index is 2.01. The molecular formula is C20H16ClNO5. The van der Waals surface area contributed by atoms with E-state index in [0.717, 1.165) is 0 Å². The molecule has 6 nitrogen and oxygen atoms in total. The summed E-state index contributed by atoms with van der Waals surface area (Å²) in [5.74, 6) is -0.617. The van der Waals surface area contributed by atoms with Crippen LogP contribution in [0.2, 0.25) is 5.02 Å². The highest BCUT2D eigenvalue weighted by Crippen LogP contribution is 2.18. The molecule has 0 aliphatic heterocycles. The van der Waals surface area contributed by atoms with Gasteiger partial charge in [0.05, 0.1) is 6.61 Å². The third-order valence-electron chi connectivity index (χ3n) is 3.17. The van der Waals surface area contributed by atoms with Gasteiger partial charge < -0.3 is 14.2 Å². The van der Waals surface area contributed by atoms with E-state index >= 15 is 0 Å². The zero-order valence-electron chi connectivity index (χ0n) is 14.5. The maximum atomic E-state index is 11.9. The molecule has 0 saturated heterocycles. The minimum absolute atomic E-state index is 0.149. The van der Waals surface area contributed by atoms with Gasteiger partial charge in [0.25, 0.3) is 0 Å². The number of nitrogens with zero attached hydrogens (tertiary/aromatic N) is 1. The van der Waals surface area contributed by atoms with Crippen molar-refractivity contribution in [3.63, 3.8) is 0 Å². The van der Waals surface area contributed by atoms with Crippen LogP contribution in [-0.4, -0.2) is 25.2 Å². The Bertz CT molecular complexity index is 901. The second-order valence-corrected chi connectivity index (χ2v) is 5.62. The van der Waals surface area contributed by atoms with Crippen molar-refractivity contribution in [3.8, 4) is 17.6 Å². The highest BCUT2D eigenvalue weighted by molar-refractivity contribution is 6.30. The molecule has 0 unspecified atom stereocenters. The maximum absolute atomic E-state index is 11.9. The molecule has 0 aliphatic rings. The predicted octanol–water partition coefficient (Wildman–Crippen LogP) is 3.79. The van der Waals surface area contributed by atoms with Gasteiger partial charge >= 0.3 is 11.9 Å². The summed E-state index contributed by atoms with van der Waals surface area (Å²) in [6, 6.07) is 14.8. The van der Waals surface area contributed by atoms with Crippen molar-refractivity contribution in [2.75, 3.05) is 13.2 Å². The van der Waals surface area contributed by atoms with Crippen molar-refractivity contribution in [1.29, 1.82) is 5.26 Å². The fourth-order valence-corrected chi connectivity index (χ4v) is 2.22. The maximum Gasteiger partial charge on any atom is 0.349 e. The lowest BCUT2D eigenvalue weighted by Gasteiger charge is -2.07. The minimum atomic E-state index is -0.711. The standard InChI is InChI=1S/C20H16ClNO5/c1-2-25-20(24)15(12-22)9-14-5-3-8-18(10-14)27-19(23)13-26-17-7-4-6-16(21)11-17/h3-11H,2,13H2,1H3/b15-9+. The number of benzene rings is 2. The molecule has 0 aromatic heterocycles. The summed E-state index contributed by atoms with van der Waals surface area (Å²) < 4.78 is 15.3. The number of halogens is 1. The molecule has 0 atom stereocenters. The van der Waals surface area contributed by atoms with E-state index in [1.165, 1.54) is 12.1 Å². The highest BCUT2D eigenvalue weighted by Gasteiger charge is 2.11. The quantitative estimate of drug-likeness (QED) is 0.312. The number of carbonyl (C=O) groups excluding carboxylic acids is 2. The third kappa shape index (κ3) is 6.49. The van der Waals surface area contributed by atoms with Gasteiger partial charge in [-0.3, -0.25) is 0 Å². The topological polar surface area (TPSA) is 85.6 Å². The van der Waals surface area contributed by atoms with E-state index in [-0.39, 0.29) is 24.5 Å². The zero-order valence-corrected chi connectivity index (χ0v) is 15.2. The summed E-state index contributed by atoms with van der Waals surface area (Å²) in [6.07, 6.45) is 1.36. The van der Waals surface area contributed by atoms with E-state index in [1.807, 2.05) is 0 Å². The van der Waals surface area contributed by atoms with E-state index in [1.54, 1.807) is 55.5 Å². The first kappa shape index (κ1) is 20.0. The normalized spacial score (nSPS) is 10.6. The fourth-order valence-electron chi connectivity index (χ4n) is 2.04. The van der Waals surface area contributed by atoms with Gasteiger partial charge in [-0.25, -0.2) is 9.59 Å². The molecule has 0 radical (unpaired) electrons. The molecule has 0 amide bonds. The van der Waals surface area contributed by atoms with Crippen molar-refractivity contribution < 1.29 is 23.8 Å². The van der Waals surface area contributed by atoms with Gasteiger partial charge in [-0.1, -0.05) is 29.8 Å². The van der Waals surface area contributed by atoms with Crippen LogP contribution in [0.3, 0.4) is 0 Å². The fraction of sp³-hybridized carbons (Fsp3) is 0.150. The monoisotopic (exact) mass is 385 g/mol. The molecule has 0 heterocycles. The van der Waals surface area contributed by atoms with Crippen LogP contribution >= 0.6 is 11.6 Å². The summed E-state index contributed by atoms with van der Waals surface area (Å²) in [7, 11) is 0. The van der Waals surface area contributed by atoms with Crippen molar-refractivity contribution in [2.45, 2.75) is 6.92 Å². The first-order valence-corrected chi connectivity index (χ1v) is 8.37. The molecular weight excluding hydrogens is 370 g/mol. The Morgan fingerprint density at radius 1 is 1.15 bits per heavy atom. The van der Waals surface area contributed by atoms with Crippen LogP contribution in [0, 0.1) is 11.3 Å². The van der Waals surface area contributed by atoms with Crippen molar-refractivity contribution in [1.82, 2.24) is 0 Å². The zero-order chi connectivity index (χ0) is 19.6. The van der Waals surface area contributed by atoms with Gasteiger partial charge in [0.15, 0.2) is 6.61 Å². The van der Waals surface area contributed by atoms with Crippen molar-refractivity contribution in [2.24, 2.45) is 0 Å². The molecule has 2 aromatic rings. The Hall–Kier alpha value is -3.30. The molecule has 138 valence electrons.